The number of hydrogen-bond acceptors (Lipinski definition) is 5. The molecule has 2 fully saturated rings. The van der Waals surface area contributed by atoms with Crippen molar-refractivity contribution in [3.05, 3.63) is 11.7 Å². The molecule has 3 rings (SSSR count). The van der Waals surface area contributed by atoms with Gasteiger partial charge in [-0.2, -0.15) is 4.98 Å². The number of aromatic nitrogens is 2. The molecule has 0 aromatic carbocycles. The highest BCUT2D eigenvalue weighted by Gasteiger charge is 2.48. The van der Waals surface area contributed by atoms with Crippen LogP contribution in [0.25, 0.3) is 0 Å². The Labute approximate surface area is 101 Å². The average Bonchev–Trinajstić information content (AvgIpc) is 3.00. The second-order valence-corrected chi connectivity index (χ2v) is 5.23. The summed E-state index contributed by atoms with van der Waals surface area (Å²) in [5.74, 6) is 3.09. The summed E-state index contributed by atoms with van der Waals surface area (Å²) in [4.78, 5) is 4.46. The molecule has 94 valence electrons. The molecule has 4 unspecified atom stereocenters. The smallest absolute Gasteiger partial charge is 0.231 e. The van der Waals surface area contributed by atoms with E-state index in [2.05, 4.69) is 10.1 Å². The van der Waals surface area contributed by atoms with E-state index in [0.717, 1.165) is 11.7 Å². The van der Waals surface area contributed by atoms with Gasteiger partial charge < -0.3 is 15.0 Å². The Hall–Kier alpha value is -0.940. The topological polar surface area (TPSA) is 74.2 Å². The summed E-state index contributed by atoms with van der Waals surface area (Å²) in [5.41, 5.74) is 6.25. The van der Waals surface area contributed by atoms with E-state index in [4.69, 9.17) is 15.0 Å². The Morgan fingerprint density at radius 2 is 2.24 bits per heavy atom. The largest absolute Gasteiger partial charge is 0.384 e. The van der Waals surface area contributed by atoms with Gasteiger partial charge in [-0.25, -0.2) is 0 Å². The van der Waals surface area contributed by atoms with Gasteiger partial charge in [-0.1, -0.05) is 5.16 Å². The zero-order chi connectivity index (χ0) is 11.8. The summed E-state index contributed by atoms with van der Waals surface area (Å²) in [6.07, 6.45) is 4.48. The minimum absolute atomic E-state index is 0.212. The summed E-state index contributed by atoms with van der Waals surface area (Å²) in [7, 11) is 1.67. The summed E-state index contributed by atoms with van der Waals surface area (Å²) < 4.78 is 10.4. The molecule has 0 radical (unpaired) electrons. The first-order valence-electron chi connectivity index (χ1n) is 6.36. The van der Waals surface area contributed by atoms with E-state index in [1.807, 2.05) is 0 Å². The Kier molecular flexibility index (Phi) is 2.88. The number of ether oxygens (including phenoxy) is 1. The molecule has 4 atom stereocenters. The van der Waals surface area contributed by atoms with E-state index in [0.29, 0.717) is 24.9 Å². The van der Waals surface area contributed by atoms with Crippen LogP contribution in [0.15, 0.2) is 4.52 Å². The van der Waals surface area contributed by atoms with Gasteiger partial charge >= 0.3 is 0 Å². The van der Waals surface area contributed by atoms with Crippen LogP contribution in [-0.4, -0.2) is 29.9 Å². The molecule has 0 saturated heterocycles. The van der Waals surface area contributed by atoms with E-state index >= 15 is 0 Å². The lowest BCUT2D eigenvalue weighted by molar-refractivity contribution is 0.199. The lowest BCUT2D eigenvalue weighted by Crippen LogP contribution is -2.34. The number of methoxy groups -OCH3 is 1. The van der Waals surface area contributed by atoms with Crippen molar-refractivity contribution in [1.82, 2.24) is 10.1 Å². The van der Waals surface area contributed by atoms with Gasteiger partial charge in [0, 0.05) is 19.6 Å². The van der Waals surface area contributed by atoms with Gasteiger partial charge in [0.15, 0.2) is 5.82 Å². The molecule has 0 aliphatic heterocycles. The molecule has 2 aliphatic carbocycles. The fourth-order valence-corrected chi connectivity index (χ4v) is 3.40. The molecule has 1 aromatic heterocycles. The molecule has 2 bridgehead atoms. The van der Waals surface area contributed by atoms with Crippen molar-refractivity contribution in [3.63, 3.8) is 0 Å². The van der Waals surface area contributed by atoms with E-state index in [-0.39, 0.29) is 12.0 Å². The van der Waals surface area contributed by atoms with Crippen LogP contribution in [0.3, 0.4) is 0 Å². The molecule has 0 spiro atoms. The monoisotopic (exact) mass is 237 g/mol. The third-order valence-electron chi connectivity index (χ3n) is 4.28. The fourth-order valence-electron chi connectivity index (χ4n) is 3.40. The Morgan fingerprint density at radius 3 is 2.94 bits per heavy atom. The zero-order valence-corrected chi connectivity index (χ0v) is 10.1. The zero-order valence-electron chi connectivity index (χ0n) is 10.1. The van der Waals surface area contributed by atoms with Crippen molar-refractivity contribution in [1.29, 1.82) is 0 Å². The van der Waals surface area contributed by atoms with Crippen molar-refractivity contribution < 1.29 is 9.26 Å². The van der Waals surface area contributed by atoms with Crippen molar-refractivity contribution in [2.75, 3.05) is 13.7 Å². The van der Waals surface area contributed by atoms with E-state index in [1.54, 1.807) is 7.11 Å². The highest BCUT2D eigenvalue weighted by Crippen LogP contribution is 2.51. The molecule has 5 nitrogen and oxygen atoms in total. The number of fused-ring (bicyclic) bond motifs is 2. The second kappa shape index (κ2) is 4.38. The number of nitrogens with zero attached hydrogens (tertiary/aromatic N) is 2. The van der Waals surface area contributed by atoms with Crippen LogP contribution < -0.4 is 5.73 Å². The van der Waals surface area contributed by atoms with Crippen LogP contribution in [0.1, 0.15) is 36.9 Å². The van der Waals surface area contributed by atoms with Gasteiger partial charge in [-0.3, -0.25) is 0 Å². The van der Waals surface area contributed by atoms with Crippen LogP contribution in [0, 0.1) is 11.8 Å². The minimum atomic E-state index is 0.212. The number of rotatable bonds is 4. The quantitative estimate of drug-likeness (QED) is 0.848. The van der Waals surface area contributed by atoms with Crippen LogP contribution in [-0.2, 0) is 11.2 Å². The first kappa shape index (κ1) is 11.2. The molecule has 17 heavy (non-hydrogen) atoms. The second-order valence-electron chi connectivity index (χ2n) is 5.23. The SMILES string of the molecule is COCCc1noc(C2C3CCC(C3)C2N)n1. The standard InChI is InChI=1S/C12H19N3O2/c1-16-5-4-9-14-12(17-15-9)10-7-2-3-8(6-7)11(10)13/h7-8,10-11H,2-6,13H2,1H3. The predicted octanol–water partition coefficient (Wildman–Crippen LogP) is 1.10. The molecular formula is C12H19N3O2. The van der Waals surface area contributed by atoms with Crippen molar-refractivity contribution in [3.8, 4) is 0 Å². The van der Waals surface area contributed by atoms with Crippen LogP contribution in [0.4, 0.5) is 0 Å². The van der Waals surface area contributed by atoms with E-state index < -0.39 is 0 Å². The van der Waals surface area contributed by atoms with E-state index in [1.165, 1.54) is 19.3 Å². The molecule has 5 heteroatoms. The fraction of sp³-hybridized carbons (Fsp3) is 0.833. The van der Waals surface area contributed by atoms with Gasteiger partial charge in [0.2, 0.25) is 5.89 Å². The highest BCUT2D eigenvalue weighted by molar-refractivity contribution is 5.11. The van der Waals surface area contributed by atoms with Crippen molar-refractivity contribution in [2.45, 2.75) is 37.6 Å². The lowest BCUT2D eigenvalue weighted by atomic mass is 9.85. The van der Waals surface area contributed by atoms with Gasteiger partial charge in [-0.05, 0) is 31.1 Å². The molecule has 2 aliphatic rings. The predicted molar refractivity (Wildman–Crippen MR) is 61.4 cm³/mol. The molecule has 1 heterocycles. The third-order valence-corrected chi connectivity index (χ3v) is 4.28. The minimum Gasteiger partial charge on any atom is -0.384 e. The van der Waals surface area contributed by atoms with Gasteiger partial charge in [0.25, 0.3) is 0 Å². The molecule has 0 amide bonds. The maximum absolute atomic E-state index is 6.25. The summed E-state index contributed by atoms with van der Waals surface area (Å²) in [6.45, 7) is 0.627. The van der Waals surface area contributed by atoms with Crippen LogP contribution >= 0.6 is 0 Å². The summed E-state index contributed by atoms with van der Waals surface area (Å²) in [5, 5.41) is 3.99. The van der Waals surface area contributed by atoms with Crippen LogP contribution in [0.5, 0.6) is 0 Å². The van der Waals surface area contributed by atoms with Gasteiger partial charge in [-0.15, -0.1) is 0 Å². The molecule has 1 aromatic rings. The van der Waals surface area contributed by atoms with Crippen molar-refractivity contribution in [2.24, 2.45) is 17.6 Å². The Balaban J connectivity index is 1.73. The Bertz CT molecular complexity index is 391. The first-order chi connectivity index (χ1) is 8.29. The van der Waals surface area contributed by atoms with E-state index in [9.17, 15) is 0 Å². The first-order valence-corrected chi connectivity index (χ1v) is 6.36. The van der Waals surface area contributed by atoms with Crippen molar-refractivity contribution >= 4 is 0 Å². The summed E-state index contributed by atoms with van der Waals surface area (Å²) in [6, 6.07) is 0.212. The van der Waals surface area contributed by atoms with Gasteiger partial charge in [0.05, 0.1) is 12.5 Å². The average molecular weight is 237 g/mol. The lowest BCUT2D eigenvalue weighted by Gasteiger charge is -2.24. The van der Waals surface area contributed by atoms with Gasteiger partial charge in [0.1, 0.15) is 0 Å². The number of nitrogens with two attached hydrogens (primary N) is 1. The van der Waals surface area contributed by atoms with Crippen LogP contribution in [0.2, 0.25) is 0 Å². The normalized spacial score (nSPS) is 35.6. The number of hydrogen-bond donors (Lipinski definition) is 1. The third kappa shape index (κ3) is 1.87. The maximum atomic E-state index is 6.25. The molecule has 2 N–H and O–H groups in total. The Morgan fingerprint density at radius 1 is 1.41 bits per heavy atom. The summed E-state index contributed by atoms with van der Waals surface area (Å²) >= 11 is 0. The molecular weight excluding hydrogens is 218 g/mol. The highest BCUT2D eigenvalue weighted by atomic mass is 16.5. The molecule has 2 saturated carbocycles. The maximum Gasteiger partial charge on any atom is 0.231 e.